The van der Waals surface area contributed by atoms with Crippen LogP contribution < -0.4 is 20.7 Å². The van der Waals surface area contributed by atoms with Crippen molar-refractivity contribution in [3.8, 4) is 5.75 Å². The number of benzene rings is 2. The summed E-state index contributed by atoms with van der Waals surface area (Å²) < 4.78 is 47.0. The zero-order valence-corrected chi connectivity index (χ0v) is 23.5. The third-order valence-corrected chi connectivity index (χ3v) is 7.28. The van der Waals surface area contributed by atoms with Crippen molar-refractivity contribution < 1.29 is 41.8 Å². The standard InChI is InChI=1S/C30H33F3N4O6/c1-42-26-12-6-10-21-20(26)16-24(35-21)29(41)36-22(11-5-9-18-7-3-2-4-8-18)28(40)37-23(15-19-13-14-34-27(19)39)25(38)17-43-30(31,32)33/h2-4,6-8,10,12,16,19,22-23,35H,5,9,11,13-15,17H2,1H3,(H,34,39)(H,36,41)(H,37,40)/t19-,22?,23?/m0/s1. The van der Waals surface area contributed by atoms with E-state index in [0.29, 0.717) is 42.5 Å². The van der Waals surface area contributed by atoms with Crippen LogP contribution in [0.5, 0.6) is 5.75 Å². The van der Waals surface area contributed by atoms with Crippen LogP contribution in [0, 0.1) is 5.92 Å². The van der Waals surface area contributed by atoms with Crippen molar-refractivity contribution in [2.45, 2.75) is 50.6 Å². The number of rotatable bonds is 14. The molecule has 3 amide bonds. The lowest BCUT2D eigenvalue weighted by Crippen LogP contribution is -2.53. The highest BCUT2D eigenvalue weighted by Gasteiger charge is 2.36. The third kappa shape index (κ3) is 8.80. The average Bonchev–Trinajstić information content (AvgIpc) is 3.61. The van der Waals surface area contributed by atoms with Gasteiger partial charge in [0.25, 0.3) is 5.91 Å². The molecule has 230 valence electrons. The summed E-state index contributed by atoms with van der Waals surface area (Å²) in [7, 11) is 1.50. The van der Waals surface area contributed by atoms with E-state index in [-0.39, 0.29) is 24.4 Å². The van der Waals surface area contributed by atoms with E-state index in [1.165, 1.54) is 7.11 Å². The number of ketones is 1. The SMILES string of the molecule is COc1cccc2[nH]c(C(=O)NC(CCCc3ccccc3)C(=O)NC(C[C@@H]3CCNC3=O)C(=O)COC(F)(F)F)cc12. The van der Waals surface area contributed by atoms with Gasteiger partial charge in [-0.3, -0.25) is 23.9 Å². The van der Waals surface area contributed by atoms with Gasteiger partial charge in [0.15, 0.2) is 5.78 Å². The van der Waals surface area contributed by atoms with Gasteiger partial charge in [0.1, 0.15) is 24.1 Å². The number of H-pyrrole nitrogens is 1. The van der Waals surface area contributed by atoms with E-state index in [4.69, 9.17) is 4.74 Å². The Labute approximate surface area is 245 Å². The van der Waals surface area contributed by atoms with Crippen molar-refractivity contribution in [3.63, 3.8) is 0 Å². The monoisotopic (exact) mass is 602 g/mol. The van der Waals surface area contributed by atoms with Gasteiger partial charge >= 0.3 is 6.36 Å². The second-order valence-electron chi connectivity index (χ2n) is 10.3. The van der Waals surface area contributed by atoms with Crippen LogP contribution in [0.2, 0.25) is 0 Å². The fourth-order valence-corrected chi connectivity index (χ4v) is 5.04. The summed E-state index contributed by atoms with van der Waals surface area (Å²) in [6, 6.07) is 13.7. The van der Waals surface area contributed by atoms with Gasteiger partial charge in [-0.15, -0.1) is 13.2 Å². The molecule has 43 heavy (non-hydrogen) atoms. The molecule has 0 aliphatic carbocycles. The molecule has 2 unspecified atom stereocenters. The van der Waals surface area contributed by atoms with Gasteiger partial charge < -0.3 is 25.7 Å². The molecular formula is C30H33F3N4O6. The van der Waals surface area contributed by atoms with Crippen molar-refractivity contribution in [3.05, 3.63) is 65.9 Å². The number of alkyl halides is 3. The van der Waals surface area contributed by atoms with Crippen molar-refractivity contribution in [1.29, 1.82) is 0 Å². The zero-order chi connectivity index (χ0) is 31.0. The number of nitrogens with one attached hydrogen (secondary N) is 4. The molecular weight excluding hydrogens is 569 g/mol. The van der Waals surface area contributed by atoms with E-state index in [0.717, 1.165) is 5.56 Å². The molecule has 0 saturated carbocycles. The van der Waals surface area contributed by atoms with Gasteiger partial charge in [0.2, 0.25) is 11.8 Å². The van der Waals surface area contributed by atoms with Gasteiger partial charge in [0.05, 0.1) is 13.2 Å². The number of hydrogen-bond acceptors (Lipinski definition) is 6. The maximum Gasteiger partial charge on any atom is 0.522 e. The summed E-state index contributed by atoms with van der Waals surface area (Å²) >= 11 is 0. The summed E-state index contributed by atoms with van der Waals surface area (Å²) in [6.45, 7) is -0.977. The van der Waals surface area contributed by atoms with Crippen molar-refractivity contribution >= 4 is 34.4 Å². The lowest BCUT2D eigenvalue weighted by Gasteiger charge is -2.24. The summed E-state index contributed by atoms with van der Waals surface area (Å²) in [4.78, 5) is 54.7. The van der Waals surface area contributed by atoms with Gasteiger partial charge in [-0.1, -0.05) is 36.4 Å². The first-order valence-electron chi connectivity index (χ1n) is 13.9. The first-order valence-corrected chi connectivity index (χ1v) is 13.9. The molecule has 2 aromatic carbocycles. The highest BCUT2D eigenvalue weighted by Crippen LogP contribution is 2.26. The first kappa shape index (κ1) is 31.5. The Morgan fingerprint density at radius 3 is 2.49 bits per heavy atom. The summed E-state index contributed by atoms with van der Waals surface area (Å²) in [6.07, 6.45) is -3.66. The summed E-state index contributed by atoms with van der Waals surface area (Å²) in [5.41, 5.74) is 1.81. The smallest absolute Gasteiger partial charge is 0.496 e. The Morgan fingerprint density at radius 2 is 1.81 bits per heavy atom. The maximum atomic E-state index is 13.5. The lowest BCUT2D eigenvalue weighted by atomic mass is 9.95. The van der Waals surface area contributed by atoms with Crippen LogP contribution in [0.1, 0.15) is 41.7 Å². The quantitative estimate of drug-likeness (QED) is 0.223. The molecule has 13 heteroatoms. The molecule has 1 saturated heterocycles. The van der Waals surface area contributed by atoms with Crippen LogP contribution in [0.25, 0.3) is 10.9 Å². The van der Waals surface area contributed by atoms with E-state index < -0.39 is 48.6 Å². The Bertz CT molecular complexity index is 1440. The topological polar surface area (TPSA) is 139 Å². The minimum Gasteiger partial charge on any atom is -0.496 e. The number of aryl methyl sites for hydroxylation is 1. The van der Waals surface area contributed by atoms with E-state index in [1.54, 1.807) is 24.3 Å². The van der Waals surface area contributed by atoms with E-state index in [1.807, 2.05) is 30.3 Å². The predicted octanol–water partition coefficient (Wildman–Crippen LogP) is 3.41. The number of aromatic amines is 1. The number of aromatic nitrogens is 1. The van der Waals surface area contributed by atoms with E-state index in [9.17, 15) is 32.3 Å². The van der Waals surface area contributed by atoms with Crippen molar-refractivity contribution in [2.24, 2.45) is 5.92 Å². The molecule has 0 spiro atoms. The van der Waals surface area contributed by atoms with Crippen LogP contribution in [0.15, 0.2) is 54.6 Å². The molecule has 1 fully saturated rings. The summed E-state index contributed by atoms with van der Waals surface area (Å²) in [5, 5.41) is 8.45. The predicted molar refractivity (Wildman–Crippen MR) is 150 cm³/mol. The second kappa shape index (κ2) is 14.2. The fourth-order valence-electron chi connectivity index (χ4n) is 5.04. The Hall–Kier alpha value is -4.39. The Balaban J connectivity index is 1.52. The number of fused-ring (bicyclic) bond motifs is 1. The van der Waals surface area contributed by atoms with Crippen LogP contribution in [0.3, 0.4) is 0 Å². The molecule has 3 aromatic rings. The molecule has 1 aliphatic heterocycles. The third-order valence-electron chi connectivity index (χ3n) is 7.28. The Morgan fingerprint density at radius 1 is 1.05 bits per heavy atom. The fraction of sp³-hybridized carbons (Fsp3) is 0.400. The minimum absolute atomic E-state index is 0.161. The lowest BCUT2D eigenvalue weighted by molar-refractivity contribution is -0.321. The maximum absolute atomic E-state index is 13.5. The number of hydrogen-bond donors (Lipinski definition) is 4. The van der Waals surface area contributed by atoms with Crippen LogP contribution in [-0.4, -0.2) is 67.2 Å². The van der Waals surface area contributed by atoms with Crippen LogP contribution in [-0.2, 0) is 25.5 Å². The number of amides is 3. The molecule has 4 rings (SSSR count). The zero-order valence-electron chi connectivity index (χ0n) is 23.5. The molecule has 1 aliphatic rings. The second-order valence-corrected chi connectivity index (χ2v) is 10.3. The highest BCUT2D eigenvalue weighted by atomic mass is 19.4. The van der Waals surface area contributed by atoms with Crippen LogP contribution >= 0.6 is 0 Å². The minimum atomic E-state index is -5.05. The molecule has 0 bridgehead atoms. The van der Waals surface area contributed by atoms with E-state index in [2.05, 4.69) is 25.7 Å². The molecule has 1 aromatic heterocycles. The van der Waals surface area contributed by atoms with Crippen LogP contribution in [0.4, 0.5) is 13.2 Å². The van der Waals surface area contributed by atoms with Crippen molar-refractivity contribution in [2.75, 3.05) is 20.3 Å². The molecule has 3 atom stereocenters. The number of carbonyl (C=O) groups is 4. The average molecular weight is 603 g/mol. The molecule has 10 nitrogen and oxygen atoms in total. The molecule has 4 N–H and O–H groups in total. The first-order chi connectivity index (χ1) is 20.5. The van der Waals surface area contributed by atoms with Gasteiger partial charge in [-0.2, -0.15) is 0 Å². The largest absolute Gasteiger partial charge is 0.522 e. The molecule has 2 heterocycles. The molecule has 0 radical (unpaired) electrons. The normalized spacial score (nSPS) is 16.4. The van der Waals surface area contributed by atoms with E-state index >= 15 is 0 Å². The number of halogens is 3. The number of Topliss-reactive ketones (excluding diaryl/α,β-unsaturated/α-hetero) is 1. The Kier molecular flexibility index (Phi) is 10.4. The van der Waals surface area contributed by atoms with Crippen molar-refractivity contribution in [1.82, 2.24) is 20.9 Å². The number of carbonyl (C=O) groups excluding carboxylic acids is 4. The van der Waals surface area contributed by atoms with Gasteiger partial charge in [0, 0.05) is 23.4 Å². The number of ether oxygens (including phenoxy) is 2. The summed E-state index contributed by atoms with van der Waals surface area (Å²) in [5.74, 6) is -2.89. The number of methoxy groups -OCH3 is 1. The van der Waals surface area contributed by atoms with Gasteiger partial charge in [-0.05, 0) is 55.9 Å². The highest BCUT2D eigenvalue weighted by molar-refractivity contribution is 6.02. The van der Waals surface area contributed by atoms with Gasteiger partial charge in [-0.25, -0.2) is 0 Å².